The van der Waals surface area contributed by atoms with Gasteiger partial charge >= 0.3 is 0 Å². The third-order valence-corrected chi connectivity index (χ3v) is 7.98. The molecule has 3 heterocycles. The summed E-state index contributed by atoms with van der Waals surface area (Å²) in [7, 11) is -3.69. The fourth-order valence-electron chi connectivity index (χ4n) is 4.79. The molecule has 7 heteroatoms. The Morgan fingerprint density at radius 3 is 2.43 bits per heavy atom. The summed E-state index contributed by atoms with van der Waals surface area (Å²) in [4.78, 5) is 6.87. The van der Waals surface area contributed by atoms with Gasteiger partial charge in [-0.1, -0.05) is 42.5 Å². The highest BCUT2D eigenvalue weighted by Crippen LogP contribution is 2.49. The Hall–Kier alpha value is -2.74. The van der Waals surface area contributed by atoms with Crippen LogP contribution in [0.1, 0.15) is 17.2 Å². The molecule has 2 aliphatic heterocycles. The summed E-state index contributed by atoms with van der Waals surface area (Å²) < 4.78 is 28.5. The minimum Gasteiger partial charge on any atom is -0.395 e. The van der Waals surface area contributed by atoms with Crippen LogP contribution in [0.25, 0.3) is 0 Å². The van der Waals surface area contributed by atoms with Crippen LogP contribution in [0.2, 0.25) is 0 Å². The molecule has 1 aromatic heterocycles. The zero-order chi connectivity index (χ0) is 20.7. The van der Waals surface area contributed by atoms with E-state index in [1.165, 1.54) is 4.31 Å². The Labute approximate surface area is 176 Å². The second-order valence-corrected chi connectivity index (χ2v) is 9.61. The summed E-state index contributed by atoms with van der Waals surface area (Å²) >= 11 is 0. The monoisotopic (exact) mass is 421 g/mol. The highest BCUT2D eigenvalue weighted by Gasteiger charge is 2.54. The Morgan fingerprint density at radius 1 is 0.967 bits per heavy atom. The number of aliphatic hydroxyl groups is 1. The number of aromatic nitrogens is 1. The van der Waals surface area contributed by atoms with Gasteiger partial charge in [-0.3, -0.25) is 14.2 Å². The van der Waals surface area contributed by atoms with Crippen molar-refractivity contribution in [2.24, 2.45) is 0 Å². The summed E-state index contributed by atoms with van der Waals surface area (Å²) in [5, 5.41) is 10.1. The summed E-state index contributed by atoms with van der Waals surface area (Å²) in [5.41, 5.74) is 2.59. The second-order valence-electron chi connectivity index (χ2n) is 7.74. The number of rotatable bonds is 5. The summed E-state index contributed by atoms with van der Waals surface area (Å²) in [6.45, 7) is 0.949. The fourth-order valence-corrected chi connectivity index (χ4v) is 6.32. The molecule has 3 aromatic rings. The van der Waals surface area contributed by atoms with E-state index >= 15 is 0 Å². The second kappa shape index (κ2) is 7.50. The van der Waals surface area contributed by atoms with Crippen molar-refractivity contribution in [2.45, 2.75) is 29.4 Å². The Balaban J connectivity index is 1.54. The highest BCUT2D eigenvalue weighted by molar-refractivity contribution is 7.92. The van der Waals surface area contributed by atoms with Crippen LogP contribution in [0.5, 0.6) is 0 Å². The number of sulfonamides is 1. The predicted octanol–water partition coefficient (Wildman–Crippen LogP) is 2.62. The van der Waals surface area contributed by atoms with E-state index < -0.39 is 10.0 Å². The van der Waals surface area contributed by atoms with Crippen LogP contribution in [0.3, 0.4) is 0 Å². The number of pyridine rings is 1. The van der Waals surface area contributed by atoms with Gasteiger partial charge < -0.3 is 5.11 Å². The molecule has 3 atom stereocenters. The van der Waals surface area contributed by atoms with Crippen molar-refractivity contribution in [3.63, 3.8) is 0 Å². The van der Waals surface area contributed by atoms with Gasteiger partial charge in [0.05, 0.1) is 29.4 Å². The average molecular weight is 422 g/mol. The quantitative estimate of drug-likeness (QED) is 0.686. The van der Waals surface area contributed by atoms with Gasteiger partial charge in [-0.15, -0.1) is 0 Å². The van der Waals surface area contributed by atoms with Gasteiger partial charge in [-0.25, -0.2) is 8.42 Å². The minimum absolute atomic E-state index is 0.0162. The lowest BCUT2D eigenvalue weighted by molar-refractivity contribution is -0.0485. The molecule has 2 aromatic carbocycles. The Morgan fingerprint density at radius 2 is 1.70 bits per heavy atom. The number of anilines is 1. The van der Waals surface area contributed by atoms with Gasteiger partial charge in [0, 0.05) is 30.7 Å². The molecule has 1 fully saturated rings. The third-order valence-electron chi connectivity index (χ3n) is 6.19. The molecule has 0 bridgehead atoms. The van der Waals surface area contributed by atoms with Crippen molar-refractivity contribution in [3.05, 3.63) is 90.3 Å². The molecule has 1 N–H and O–H groups in total. The van der Waals surface area contributed by atoms with E-state index in [1.807, 2.05) is 48.5 Å². The lowest BCUT2D eigenvalue weighted by atomic mass is 9.72. The summed E-state index contributed by atoms with van der Waals surface area (Å²) in [5.74, 6) is 0.0946. The molecular formula is C23H23N3O3S. The van der Waals surface area contributed by atoms with Crippen LogP contribution in [0.15, 0.2) is 83.9 Å². The molecular weight excluding hydrogens is 398 g/mol. The molecule has 0 radical (unpaired) electrons. The normalized spacial score (nSPS) is 23.4. The predicted molar refractivity (Wildman–Crippen MR) is 115 cm³/mol. The number of aliphatic hydroxyl groups excluding tert-OH is 1. The van der Waals surface area contributed by atoms with E-state index in [2.05, 4.69) is 9.88 Å². The van der Waals surface area contributed by atoms with Crippen LogP contribution < -0.4 is 4.31 Å². The number of fused-ring (bicyclic) bond motifs is 3. The minimum atomic E-state index is -3.69. The topological polar surface area (TPSA) is 73.7 Å². The first-order valence-corrected chi connectivity index (χ1v) is 11.5. The molecule has 6 nitrogen and oxygen atoms in total. The number of para-hydroxylation sites is 1. The van der Waals surface area contributed by atoms with E-state index in [0.29, 0.717) is 18.8 Å². The van der Waals surface area contributed by atoms with Crippen molar-refractivity contribution >= 4 is 15.7 Å². The molecule has 0 amide bonds. The standard InChI is InChI=1S/C23H23N3O3S/c27-16-22-23-19-11-4-5-12-20(19)26(30(28,29)18-9-2-1-3-10-18)15-21(23)25(22)14-17-8-6-7-13-24-17/h1-13,21-23,27H,14-16H2/t21-,22+,23+/m1/s1. The number of nitrogens with zero attached hydrogens (tertiary/aromatic N) is 3. The van der Waals surface area contributed by atoms with Gasteiger partial charge in [-0.2, -0.15) is 0 Å². The maximum absolute atomic E-state index is 13.5. The van der Waals surface area contributed by atoms with Crippen LogP contribution in [-0.4, -0.2) is 48.6 Å². The lowest BCUT2D eigenvalue weighted by Crippen LogP contribution is -2.68. The van der Waals surface area contributed by atoms with Crippen molar-refractivity contribution in [1.29, 1.82) is 0 Å². The summed E-state index contributed by atoms with van der Waals surface area (Å²) in [6, 6.07) is 21.9. The third kappa shape index (κ3) is 3.01. The summed E-state index contributed by atoms with van der Waals surface area (Å²) in [6.07, 6.45) is 1.75. The SMILES string of the molecule is O=S(=O)(c1ccccc1)N1C[C@@H]2[C@H](c3ccccc31)[C@H](CO)N2Cc1ccccn1. The van der Waals surface area contributed by atoms with E-state index in [9.17, 15) is 13.5 Å². The molecule has 5 rings (SSSR count). The zero-order valence-electron chi connectivity index (χ0n) is 16.4. The average Bonchev–Trinajstić information content (AvgIpc) is 2.78. The van der Waals surface area contributed by atoms with E-state index in [1.54, 1.807) is 30.5 Å². The van der Waals surface area contributed by atoms with Crippen molar-refractivity contribution in [3.8, 4) is 0 Å². The van der Waals surface area contributed by atoms with Crippen molar-refractivity contribution in [2.75, 3.05) is 17.5 Å². The smallest absolute Gasteiger partial charge is 0.264 e. The van der Waals surface area contributed by atoms with Crippen molar-refractivity contribution in [1.82, 2.24) is 9.88 Å². The van der Waals surface area contributed by atoms with E-state index in [0.717, 1.165) is 11.3 Å². The first kappa shape index (κ1) is 19.2. The molecule has 0 aliphatic carbocycles. The first-order valence-electron chi connectivity index (χ1n) is 10.0. The van der Waals surface area contributed by atoms with Gasteiger partial charge in [0.25, 0.3) is 10.0 Å². The van der Waals surface area contributed by atoms with Crippen molar-refractivity contribution < 1.29 is 13.5 Å². The number of likely N-dealkylation sites (tertiary alicyclic amines) is 1. The van der Waals surface area contributed by atoms with Crippen LogP contribution in [0, 0.1) is 0 Å². The number of hydrogen-bond acceptors (Lipinski definition) is 5. The number of hydrogen-bond donors (Lipinski definition) is 1. The van der Waals surface area contributed by atoms with Crippen LogP contribution >= 0.6 is 0 Å². The Bertz CT molecular complexity index is 1140. The van der Waals surface area contributed by atoms with Gasteiger partial charge in [0.2, 0.25) is 0 Å². The van der Waals surface area contributed by atoms with E-state index in [4.69, 9.17) is 0 Å². The largest absolute Gasteiger partial charge is 0.395 e. The molecule has 0 spiro atoms. The molecule has 2 aliphatic rings. The molecule has 30 heavy (non-hydrogen) atoms. The van der Waals surface area contributed by atoms with Gasteiger partial charge in [0.1, 0.15) is 0 Å². The fraction of sp³-hybridized carbons (Fsp3) is 0.261. The molecule has 1 saturated heterocycles. The van der Waals surface area contributed by atoms with Gasteiger partial charge in [0.15, 0.2) is 0 Å². The molecule has 0 saturated carbocycles. The molecule has 0 unspecified atom stereocenters. The maximum atomic E-state index is 13.5. The zero-order valence-corrected chi connectivity index (χ0v) is 17.2. The Kier molecular flexibility index (Phi) is 4.81. The van der Waals surface area contributed by atoms with Crippen LogP contribution in [-0.2, 0) is 16.6 Å². The van der Waals surface area contributed by atoms with Gasteiger partial charge in [-0.05, 0) is 35.9 Å². The number of benzene rings is 2. The lowest BCUT2D eigenvalue weighted by Gasteiger charge is -2.59. The highest BCUT2D eigenvalue weighted by atomic mass is 32.2. The molecule has 154 valence electrons. The maximum Gasteiger partial charge on any atom is 0.264 e. The van der Waals surface area contributed by atoms with Crippen LogP contribution in [0.4, 0.5) is 5.69 Å². The first-order chi connectivity index (χ1) is 14.6. The van der Waals surface area contributed by atoms with E-state index in [-0.39, 0.29) is 29.5 Å².